The minimum atomic E-state index is -0.666. The van der Waals surface area contributed by atoms with E-state index in [0.717, 1.165) is 12.8 Å². The molecule has 0 radical (unpaired) electrons. The van der Waals surface area contributed by atoms with Gasteiger partial charge in [0.2, 0.25) is 0 Å². The highest BCUT2D eigenvalue weighted by Crippen LogP contribution is 2.42. The van der Waals surface area contributed by atoms with Crippen LogP contribution in [0.4, 0.5) is 15.9 Å². The molecule has 2 aliphatic rings. The lowest BCUT2D eigenvalue weighted by Gasteiger charge is -2.24. The molecule has 1 saturated carbocycles. The zero-order chi connectivity index (χ0) is 23.3. The standard InChI is InChI=1S/C23H24FN3O5S/c1-11-17-20(25-10-26-21(17)33-19(11)22(28)29-4)27-13-6-5-12(24)9-16(13)30-14-7-8-15-18(14)32-23(2,3)31-15/h5-6,9-10,14-15,18H,7-8H2,1-4H3,(H,25,26,27)/t14-,15+,18-/m1/s1. The molecule has 10 heteroatoms. The molecule has 5 rings (SSSR count). The summed E-state index contributed by atoms with van der Waals surface area (Å²) >= 11 is 1.24. The van der Waals surface area contributed by atoms with Gasteiger partial charge in [-0.2, -0.15) is 0 Å². The summed E-state index contributed by atoms with van der Waals surface area (Å²) in [5, 5.41) is 3.95. The van der Waals surface area contributed by atoms with E-state index in [0.29, 0.717) is 37.9 Å². The number of ether oxygens (including phenoxy) is 4. The van der Waals surface area contributed by atoms with Crippen molar-refractivity contribution in [3.05, 3.63) is 40.8 Å². The van der Waals surface area contributed by atoms with Gasteiger partial charge in [0.25, 0.3) is 0 Å². The Morgan fingerprint density at radius 3 is 2.88 bits per heavy atom. The number of halogens is 1. The van der Waals surface area contributed by atoms with Crippen molar-refractivity contribution in [2.45, 2.75) is 57.7 Å². The minimum Gasteiger partial charge on any atom is -0.485 e. The van der Waals surface area contributed by atoms with E-state index < -0.39 is 17.6 Å². The maximum absolute atomic E-state index is 14.2. The molecular formula is C23H24FN3O5S. The molecule has 8 nitrogen and oxygen atoms in total. The van der Waals surface area contributed by atoms with Gasteiger partial charge in [-0.05, 0) is 51.3 Å². The zero-order valence-electron chi connectivity index (χ0n) is 18.7. The number of rotatable bonds is 5. The van der Waals surface area contributed by atoms with Crippen LogP contribution < -0.4 is 10.1 Å². The van der Waals surface area contributed by atoms with Gasteiger partial charge in [0.1, 0.15) is 45.6 Å². The lowest BCUT2D eigenvalue weighted by Crippen LogP contribution is -2.33. The molecule has 1 aliphatic heterocycles. The lowest BCUT2D eigenvalue weighted by molar-refractivity contribution is -0.159. The molecule has 33 heavy (non-hydrogen) atoms. The van der Waals surface area contributed by atoms with Crippen LogP contribution in [0.2, 0.25) is 0 Å². The number of aryl methyl sites for hydroxylation is 1. The molecule has 0 bridgehead atoms. The Kier molecular flexibility index (Phi) is 5.46. The highest BCUT2D eigenvalue weighted by Gasteiger charge is 2.50. The maximum atomic E-state index is 14.2. The van der Waals surface area contributed by atoms with Crippen molar-refractivity contribution in [3.63, 3.8) is 0 Å². The molecule has 2 fully saturated rings. The second-order valence-electron chi connectivity index (χ2n) is 8.59. The van der Waals surface area contributed by atoms with E-state index in [1.165, 1.54) is 36.9 Å². The number of anilines is 2. The number of benzene rings is 1. The number of methoxy groups -OCH3 is 1. The van der Waals surface area contributed by atoms with Crippen molar-refractivity contribution in [2.75, 3.05) is 12.4 Å². The molecule has 1 N–H and O–H groups in total. The molecule has 174 valence electrons. The molecule has 0 spiro atoms. The Hall–Kier alpha value is -2.82. The first kappa shape index (κ1) is 22.0. The van der Waals surface area contributed by atoms with Crippen LogP contribution in [0, 0.1) is 12.7 Å². The Balaban J connectivity index is 1.46. The lowest BCUT2D eigenvalue weighted by atomic mass is 10.2. The second-order valence-corrected chi connectivity index (χ2v) is 9.59. The summed E-state index contributed by atoms with van der Waals surface area (Å²) in [5.74, 6) is -0.667. The van der Waals surface area contributed by atoms with Crippen LogP contribution in [0.1, 0.15) is 41.9 Å². The summed E-state index contributed by atoms with van der Waals surface area (Å²) in [6.07, 6.45) is 2.45. The average molecular weight is 474 g/mol. The van der Waals surface area contributed by atoms with E-state index in [1.54, 1.807) is 6.07 Å². The van der Waals surface area contributed by atoms with Gasteiger partial charge in [0, 0.05) is 6.07 Å². The minimum absolute atomic E-state index is 0.0401. The van der Waals surface area contributed by atoms with Gasteiger partial charge in [0.15, 0.2) is 5.79 Å². The van der Waals surface area contributed by atoms with E-state index in [4.69, 9.17) is 18.9 Å². The fourth-order valence-corrected chi connectivity index (χ4v) is 5.53. The fourth-order valence-electron chi connectivity index (χ4n) is 4.46. The quantitative estimate of drug-likeness (QED) is 0.532. The number of hydrogen-bond donors (Lipinski definition) is 1. The smallest absolute Gasteiger partial charge is 0.348 e. The van der Waals surface area contributed by atoms with E-state index in [-0.39, 0.29) is 18.3 Å². The first-order valence-electron chi connectivity index (χ1n) is 10.7. The molecule has 1 aliphatic carbocycles. The monoisotopic (exact) mass is 473 g/mol. The summed E-state index contributed by atoms with van der Waals surface area (Å²) in [6.45, 7) is 5.58. The van der Waals surface area contributed by atoms with Gasteiger partial charge < -0.3 is 24.3 Å². The van der Waals surface area contributed by atoms with Crippen LogP contribution >= 0.6 is 11.3 Å². The number of carbonyl (C=O) groups excluding carboxylic acids is 1. The SMILES string of the molecule is COC(=O)c1sc2ncnc(Nc3ccc(F)cc3O[C@@H]3CC[C@@H]4OC(C)(C)O[C@@H]43)c2c1C. The van der Waals surface area contributed by atoms with E-state index in [2.05, 4.69) is 15.3 Å². The van der Waals surface area contributed by atoms with Crippen LogP contribution in [0.5, 0.6) is 5.75 Å². The van der Waals surface area contributed by atoms with Crippen LogP contribution in [0.3, 0.4) is 0 Å². The third kappa shape index (κ3) is 4.03. The number of aromatic nitrogens is 2. The second kappa shape index (κ2) is 8.19. The number of esters is 1. The van der Waals surface area contributed by atoms with E-state index >= 15 is 0 Å². The predicted molar refractivity (Wildman–Crippen MR) is 121 cm³/mol. The van der Waals surface area contributed by atoms with Gasteiger partial charge in [-0.25, -0.2) is 19.2 Å². The number of carbonyl (C=O) groups is 1. The number of nitrogens with one attached hydrogen (secondary N) is 1. The fraction of sp³-hybridized carbons (Fsp3) is 0.435. The van der Waals surface area contributed by atoms with Gasteiger partial charge in [0.05, 0.1) is 24.3 Å². The number of hydrogen-bond acceptors (Lipinski definition) is 9. The largest absolute Gasteiger partial charge is 0.485 e. The molecule has 1 aromatic carbocycles. The zero-order valence-corrected chi connectivity index (χ0v) is 19.5. The topological polar surface area (TPSA) is 91.8 Å². The highest BCUT2D eigenvalue weighted by molar-refractivity contribution is 7.20. The van der Waals surface area contributed by atoms with Crippen molar-refractivity contribution in [1.82, 2.24) is 9.97 Å². The maximum Gasteiger partial charge on any atom is 0.348 e. The first-order valence-corrected chi connectivity index (χ1v) is 11.5. The van der Waals surface area contributed by atoms with Crippen LogP contribution in [-0.4, -0.2) is 47.1 Å². The van der Waals surface area contributed by atoms with Gasteiger partial charge in [-0.1, -0.05) is 0 Å². The number of fused-ring (bicyclic) bond motifs is 2. The molecule has 0 amide bonds. The number of thiophene rings is 1. The van der Waals surface area contributed by atoms with Crippen LogP contribution in [0.15, 0.2) is 24.5 Å². The van der Waals surface area contributed by atoms with Gasteiger partial charge >= 0.3 is 5.97 Å². The predicted octanol–water partition coefficient (Wildman–Crippen LogP) is 4.73. The Bertz CT molecular complexity index is 1230. The van der Waals surface area contributed by atoms with Crippen molar-refractivity contribution in [3.8, 4) is 5.75 Å². The summed E-state index contributed by atoms with van der Waals surface area (Å²) in [7, 11) is 1.34. The molecule has 0 unspecified atom stereocenters. The van der Waals surface area contributed by atoms with E-state index in [1.807, 2.05) is 20.8 Å². The third-order valence-electron chi connectivity index (χ3n) is 5.90. The normalized spacial score (nSPS) is 23.5. The summed E-state index contributed by atoms with van der Waals surface area (Å²) < 4.78 is 37.3. The third-order valence-corrected chi connectivity index (χ3v) is 7.08. The Morgan fingerprint density at radius 2 is 2.09 bits per heavy atom. The van der Waals surface area contributed by atoms with Crippen molar-refractivity contribution in [1.29, 1.82) is 0 Å². The number of nitrogens with zero attached hydrogens (tertiary/aromatic N) is 2. The molecule has 3 atom stereocenters. The summed E-state index contributed by atoms with van der Waals surface area (Å²) in [5.41, 5.74) is 1.26. The summed E-state index contributed by atoms with van der Waals surface area (Å²) in [4.78, 5) is 21.9. The molecule has 3 aromatic rings. The van der Waals surface area contributed by atoms with Crippen molar-refractivity contribution < 1.29 is 28.1 Å². The first-order chi connectivity index (χ1) is 15.8. The average Bonchev–Trinajstić information content (AvgIpc) is 3.40. The highest BCUT2D eigenvalue weighted by atomic mass is 32.1. The molecular weight excluding hydrogens is 449 g/mol. The van der Waals surface area contributed by atoms with Crippen LogP contribution in [0.25, 0.3) is 10.2 Å². The Labute approximate surface area is 194 Å². The Morgan fingerprint density at radius 1 is 1.27 bits per heavy atom. The van der Waals surface area contributed by atoms with Gasteiger partial charge in [-0.3, -0.25) is 0 Å². The molecule has 3 heterocycles. The van der Waals surface area contributed by atoms with Gasteiger partial charge in [-0.15, -0.1) is 11.3 Å². The van der Waals surface area contributed by atoms with Crippen LogP contribution in [-0.2, 0) is 14.2 Å². The molecule has 1 saturated heterocycles. The van der Waals surface area contributed by atoms with Crippen molar-refractivity contribution >= 4 is 39.0 Å². The summed E-state index contributed by atoms with van der Waals surface area (Å²) in [6, 6.07) is 4.29. The molecule has 2 aromatic heterocycles. The van der Waals surface area contributed by atoms with E-state index in [9.17, 15) is 9.18 Å². The van der Waals surface area contributed by atoms with Crippen molar-refractivity contribution in [2.24, 2.45) is 0 Å².